The summed E-state index contributed by atoms with van der Waals surface area (Å²) in [5.74, 6) is -0.182. The molecule has 0 spiro atoms. The van der Waals surface area contributed by atoms with Gasteiger partial charge in [0.15, 0.2) is 0 Å². The van der Waals surface area contributed by atoms with Gasteiger partial charge in [0.1, 0.15) is 12.4 Å². The smallest absolute Gasteiger partial charge is 0.303 e. The Labute approximate surface area is 132 Å². The summed E-state index contributed by atoms with van der Waals surface area (Å²) < 4.78 is 6.79. The third-order valence-corrected chi connectivity index (χ3v) is 3.71. The minimum absolute atomic E-state index is 0.0815. The number of halogens is 1. The maximum atomic E-state index is 10.9. The van der Waals surface area contributed by atoms with Crippen LogP contribution in [-0.4, -0.2) is 11.1 Å². The maximum Gasteiger partial charge on any atom is 0.303 e. The molecule has 2 aromatic carbocycles. The van der Waals surface area contributed by atoms with Crippen LogP contribution < -0.4 is 4.74 Å². The molecule has 0 aliphatic carbocycles. The van der Waals surface area contributed by atoms with Crippen LogP contribution in [0.25, 0.3) is 0 Å². The van der Waals surface area contributed by atoms with Gasteiger partial charge in [0.2, 0.25) is 0 Å². The number of carboxylic acid groups (broad SMARTS) is 1. The van der Waals surface area contributed by atoms with E-state index in [1.165, 1.54) is 0 Å². The molecule has 0 bridgehead atoms. The Kier molecular flexibility index (Phi) is 5.39. The minimum atomic E-state index is -0.809. The van der Waals surface area contributed by atoms with Gasteiger partial charge in [-0.2, -0.15) is 0 Å². The fourth-order valence-electron chi connectivity index (χ4n) is 2.14. The van der Waals surface area contributed by atoms with E-state index in [-0.39, 0.29) is 12.3 Å². The average Bonchev–Trinajstić information content (AvgIpc) is 2.46. The number of aliphatic carboxylic acids is 1. The van der Waals surface area contributed by atoms with Gasteiger partial charge in [-0.15, -0.1) is 0 Å². The number of ether oxygens (including phenoxy) is 1. The Morgan fingerprint density at radius 1 is 1.24 bits per heavy atom. The van der Waals surface area contributed by atoms with Gasteiger partial charge < -0.3 is 9.84 Å². The number of carboxylic acids is 1. The highest BCUT2D eigenvalue weighted by Crippen LogP contribution is 2.32. The molecule has 0 saturated carbocycles. The van der Waals surface area contributed by atoms with Crippen LogP contribution in [0, 0.1) is 0 Å². The molecule has 0 amide bonds. The van der Waals surface area contributed by atoms with E-state index in [4.69, 9.17) is 9.84 Å². The average molecular weight is 349 g/mol. The summed E-state index contributed by atoms with van der Waals surface area (Å²) in [6.07, 6.45) is 0.0815. The number of hydrogen-bond donors (Lipinski definition) is 1. The Bertz CT molecular complexity index is 611. The second-order valence-electron chi connectivity index (χ2n) is 4.96. The summed E-state index contributed by atoms with van der Waals surface area (Å²) in [7, 11) is 0. The second kappa shape index (κ2) is 7.27. The Morgan fingerprint density at radius 2 is 1.95 bits per heavy atom. The van der Waals surface area contributed by atoms with Gasteiger partial charge in [0, 0.05) is 4.47 Å². The number of rotatable bonds is 6. The van der Waals surface area contributed by atoms with Gasteiger partial charge in [-0.25, -0.2) is 0 Å². The van der Waals surface area contributed by atoms with Crippen molar-refractivity contribution in [2.24, 2.45) is 0 Å². The van der Waals surface area contributed by atoms with Gasteiger partial charge in [-0.3, -0.25) is 4.79 Å². The van der Waals surface area contributed by atoms with Gasteiger partial charge in [0.05, 0.1) is 6.42 Å². The van der Waals surface area contributed by atoms with Crippen molar-refractivity contribution in [2.45, 2.75) is 25.9 Å². The summed E-state index contributed by atoms with van der Waals surface area (Å²) in [6.45, 7) is 2.36. The molecule has 21 heavy (non-hydrogen) atoms. The molecule has 3 nitrogen and oxygen atoms in total. The van der Waals surface area contributed by atoms with E-state index in [0.717, 1.165) is 21.3 Å². The molecule has 110 valence electrons. The third kappa shape index (κ3) is 4.60. The largest absolute Gasteiger partial charge is 0.489 e. The second-order valence-corrected chi connectivity index (χ2v) is 5.87. The summed E-state index contributed by atoms with van der Waals surface area (Å²) in [5.41, 5.74) is 1.99. The monoisotopic (exact) mass is 348 g/mol. The van der Waals surface area contributed by atoms with Crippen molar-refractivity contribution in [1.29, 1.82) is 0 Å². The van der Waals surface area contributed by atoms with Gasteiger partial charge in [0.25, 0.3) is 0 Å². The van der Waals surface area contributed by atoms with E-state index in [1.807, 2.05) is 55.5 Å². The number of carbonyl (C=O) groups is 1. The van der Waals surface area contributed by atoms with Crippen LogP contribution in [0.2, 0.25) is 0 Å². The Balaban J connectivity index is 2.16. The first-order valence-electron chi connectivity index (χ1n) is 6.74. The molecule has 0 saturated heterocycles. The molecule has 0 heterocycles. The van der Waals surface area contributed by atoms with E-state index in [2.05, 4.69) is 15.9 Å². The molecule has 0 fully saturated rings. The third-order valence-electron chi connectivity index (χ3n) is 3.22. The van der Waals surface area contributed by atoms with E-state index in [9.17, 15) is 4.79 Å². The normalized spacial score (nSPS) is 11.9. The Morgan fingerprint density at radius 3 is 2.62 bits per heavy atom. The molecule has 2 aromatic rings. The lowest BCUT2D eigenvalue weighted by Crippen LogP contribution is -2.06. The lowest BCUT2D eigenvalue weighted by molar-refractivity contribution is -0.137. The van der Waals surface area contributed by atoms with E-state index in [1.54, 1.807) is 0 Å². The predicted octanol–water partition coefficient (Wildman–Crippen LogP) is 4.61. The molecule has 0 radical (unpaired) electrons. The highest BCUT2D eigenvalue weighted by molar-refractivity contribution is 9.10. The fraction of sp³-hybridized carbons (Fsp3) is 0.235. The molecule has 0 aliphatic rings. The van der Waals surface area contributed by atoms with Crippen LogP contribution in [0.4, 0.5) is 0 Å². The summed E-state index contributed by atoms with van der Waals surface area (Å²) >= 11 is 3.42. The van der Waals surface area contributed by atoms with E-state index < -0.39 is 5.97 Å². The number of hydrogen-bond acceptors (Lipinski definition) is 2. The molecule has 0 aromatic heterocycles. The van der Waals surface area contributed by atoms with Gasteiger partial charge >= 0.3 is 5.97 Å². The molecular weight excluding hydrogens is 332 g/mol. The van der Waals surface area contributed by atoms with Crippen LogP contribution >= 0.6 is 15.9 Å². The quantitative estimate of drug-likeness (QED) is 0.829. The van der Waals surface area contributed by atoms with Crippen LogP contribution in [-0.2, 0) is 11.4 Å². The van der Waals surface area contributed by atoms with Crippen molar-refractivity contribution in [3.63, 3.8) is 0 Å². The summed E-state index contributed by atoms with van der Waals surface area (Å²) in [6, 6.07) is 15.6. The topological polar surface area (TPSA) is 46.5 Å². The van der Waals surface area contributed by atoms with Crippen molar-refractivity contribution in [1.82, 2.24) is 0 Å². The highest BCUT2D eigenvalue weighted by Gasteiger charge is 2.15. The van der Waals surface area contributed by atoms with Crippen molar-refractivity contribution in [3.05, 3.63) is 64.1 Å². The minimum Gasteiger partial charge on any atom is -0.489 e. The molecule has 1 N–H and O–H groups in total. The molecule has 0 aliphatic heterocycles. The summed E-state index contributed by atoms with van der Waals surface area (Å²) in [5, 5.41) is 8.96. The lowest BCUT2D eigenvalue weighted by Gasteiger charge is -2.16. The first-order chi connectivity index (χ1) is 10.1. The lowest BCUT2D eigenvalue weighted by atomic mass is 9.97. The molecule has 1 atom stereocenters. The molecule has 2 rings (SSSR count). The zero-order valence-electron chi connectivity index (χ0n) is 11.8. The van der Waals surface area contributed by atoms with Crippen LogP contribution in [0.1, 0.15) is 30.4 Å². The molecule has 4 heteroatoms. The van der Waals surface area contributed by atoms with E-state index >= 15 is 0 Å². The fourth-order valence-corrected chi connectivity index (χ4v) is 2.52. The van der Waals surface area contributed by atoms with Crippen molar-refractivity contribution in [2.75, 3.05) is 0 Å². The zero-order chi connectivity index (χ0) is 15.2. The van der Waals surface area contributed by atoms with Crippen molar-refractivity contribution < 1.29 is 14.6 Å². The zero-order valence-corrected chi connectivity index (χ0v) is 13.3. The molecule has 0 unspecified atom stereocenters. The summed E-state index contributed by atoms with van der Waals surface area (Å²) in [4.78, 5) is 10.9. The maximum absolute atomic E-state index is 10.9. The van der Waals surface area contributed by atoms with Crippen LogP contribution in [0.5, 0.6) is 5.75 Å². The van der Waals surface area contributed by atoms with Gasteiger partial charge in [-0.05, 0) is 35.2 Å². The van der Waals surface area contributed by atoms with Gasteiger partial charge in [-0.1, -0.05) is 53.2 Å². The SMILES string of the molecule is C[C@H](CC(=O)O)c1cc(Br)ccc1OCc1ccccc1. The first kappa shape index (κ1) is 15.6. The molecular formula is C17H17BrO3. The first-order valence-corrected chi connectivity index (χ1v) is 7.53. The highest BCUT2D eigenvalue weighted by atomic mass is 79.9. The number of benzene rings is 2. The van der Waals surface area contributed by atoms with Crippen LogP contribution in [0.3, 0.4) is 0 Å². The standard InChI is InChI=1S/C17H17BrO3/c1-12(9-17(19)20)15-10-14(18)7-8-16(15)21-11-13-5-3-2-4-6-13/h2-8,10,12H,9,11H2,1H3,(H,19,20)/t12-/m1/s1. The van der Waals surface area contributed by atoms with E-state index in [0.29, 0.717) is 6.61 Å². The van der Waals surface area contributed by atoms with Crippen LogP contribution in [0.15, 0.2) is 53.0 Å². The van der Waals surface area contributed by atoms with Crippen molar-refractivity contribution >= 4 is 21.9 Å². The van der Waals surface area contributed by atoms with Crippen molar-refractivity contribution in [3.8, 4) is 5.75 Å². The Hall–Kier alpha value is -1.81. The predicted molar refractivity (Wildman–Crippen MR) is 85.6 cm³/mol.